The molecule has 0 saturated carbocycles. The van der Waals surface area contributed by atoms with Gasteiger partial charge in [-0.15, -0.1) is 0 Å². The number of ether oxygens (including phenoxy) is 2. The van der Waals surface area contributed by atoms with Crippen LogP contribution in [0.15, 0.2) is 0 Å². The monoisotopic (exact) mass is 230 g/mol. The normalized spacial score (nSPS) is 15.0. The molecule has 2 heteroatoms. The fourth-order valence-electron chi connectivity index (χ4n) is 1.72. The third kappa shape index (κ3) is 8.12. The largest absolute Gasteiger partial charge is 0.351 e. The molecular formula is C14H30O2. The third-order valence-electron chi connectivity index (χ3n) is 3.00. The van der Waals surface area contributed by atoms with Gasteiger partial charge in [0.05, 0.1) is 6.61 Å². The molecule has 0 aromatic heterocycles. The van der Waals surface area contributed by atoms with Gasteiger partial charge in [0, 0.05) is 6.61 Å². The minimum atomic E-state index is -0.363. The van der Waals surface area contributed by atoms with E-state index in [1.807, 2.05) is 13.8 Å². The van der Waals surface area contributed by atoms with E-state index in [0.717, 1.165) is 26.1 Å². The van der Waals surface area contributed by atoms with Gasteiger partial charge < -0.3 is 9.47 Å². The number of hydrogen-bond acceptors (Lipinski definition) is 2. The van der Waals surface area contributed by atoms with E-state index in [2.05, 4.69) is 13.8 Å². The Hall–Kier alpha value is -0.0800. The van der Waals surface area contributed by atoms with Crippen LogP contribution in [0.4, 0.5) is 0 Å². The van der Waals surface area contributed by atoms with Crippen LogP contribution < -0.4 is 0 Å². The lowest BCUT2D eigenvalue weighted by Gasteiger charge is -2.28. The summed E-state index contributed by atoms with van der Waals surface area (Å²) in [6.07, 6.45) is 8.75. The van der Waals surface area contributed by atoms with E-state index in [0.29, 0.717) is 0 Å². The first kappa shape index (κ1) is 15.9. The Bertz CT molecular complexity index is 148. The molecule has 0 fully saturated rings. The molecule has 0 bridgehead atoms. The van der Waals surface area contributed by atoms with Crippen LogP contribution in [-0.4, -0.2) is 19.0 Å². The van der Waals surface area contributed by atoms with Gasteiger partial charge >= 0.3 is 0 Å². The summed E-state index contributed by atoms with van der Waals surface area (Å²) in [6.45, 7) is 9.96. The molecule has 0 amide bonds. The quantitative estimate of drug-likeness (QED) is 0.383. The summed E-state index contributed by atoms with van der Waals surface area (Å²) in [5, 5.41) is 0. The minimum absolute atomic E-state index is 0.363. The van der Waals surface area contributed by atoms with Crippen molar-refractivity contribution in [3.05, 3.63) is 0 Å². The van der Waals surface area contributed by atoms with Crippen molar-refractivity contribution < 1.29 is 9.47 Å². The van der Waals surface area contributed by atoms with Crippen molar-refractivity contribution in [1.29, 1.82) is 0 Å². The highest BCUT2D eigenvalue weighted by molar-refractivity contribution is 4.59. The summed E-state index contributed by atoms with van der Waals surface area (Å²) in [5.74, 6) is -0.363. The van der Waals surface area contributed by atoms with Crippen LogP contribution in [0.1, 0.15) is 72.6 Å². The van der Waals surface area contributed by atoms with Crippen LogP contribution in [0, 0.1) is 0 Å². The molecule has 0 aromatic carbocycles. The highest BCUT2D eigenvalue weighted by Gasteiger charge is 2.21. The van der Waals surface area contributed by atoms with Crippen molar-refractivity contribution in [3.8, 4) is 0 Å². The molecular weight excluding hydrogens is 200 g/mol. The Morgan fingerprint density at radius 1 is 0.812 bits per heavy atom. The fourth-order valence-corrected chi connectivity index (χ4v) is 1.72. The second-order valence-corrected chi connectivity index (χ2v) is 4.54. The molecule has 16 heavy (non-hydrogen) atoms. The van der Waals surface area contributed by atoms with Crippen molar-refractivity contribution in [3.63, 3.8) is 0 Å². The van der Waals surface area contributed by atoms with Crippen LogP contribution >= 0.6 is 0 Å². The van der Waals surface area contributed by atoms with Crippen molar-refractivity contribution >= 4 is 0 Å². The van der Waals surface area contributed by atoms with Crippen LogP contribution in [0.5, 0.6) is 0 Å². The first-order chi connectivity index (χ1) is 7.68. The van der Waals surface area contributed by atoms with E-state index in [1.54, 1.807) is 0 Å². The van der Waals surface area contributed by atoms with E-state index in [9.17, 15) is 0 Å². The van der Waals surface area contributed by atoms with E-state index >= 15 is 0 Å². The molecule has 0 aromatic rings. The van der Waals surface area contributed by atoms with Gasteiger partial charge in [-0.1, -0.05) is 46.0 Å². The maximum absolute atomic E-state index is 5.80. The topological polar surface area (TPSA) is 18.5 Å². The maximum Gasteiger partial charge on any atom is 0.165 e. The molecule has 0 aliphatic carbocycles. The highest BCUT2D eigenvalue weighted by atomic mass is 16.7. The maximum atomic E-state index is 5.80. The van der Waals surface area contributed by atoms with E-state index in [4.69, 9.17) is 9.47 Å². The number of hydrogen-bond donors (Lipinski definition) is 0. The zero-order valence-corrected chi connectivity index (χ0v) is 11.7. The number of rotatable bonds is 11. The van der Waals surface area contributed by atoms with E-state index in [-0.39, 0.29) is 5.79 Å². The predicted octanol–water partition coefficient (Wildman–Crippen LogP) is 4.53. The van der Waals surface area contributed by atoms with Gasteiger partial charge in [0.25, 0.3) is 0 Å². The van der Waals surface area contributed by atoms with Gasteiger partial charge in [-0.05, 0) is 26.7 Å². The molecule has 0 aliphatic heterocycles. The zero-order valence-electron chi connectivity index (χ0n) is 11.7. The minimum Gasteiger partial charge on any atom is -0.351 e. The Balaban J connectivity index is 3.41. The molecule has 0 radical (unpaired) electrons. The van der Waals surface area contributed by atoms with Crippen LogP contribution in [-0.2, 0) is 9.47 Å². The van der Waals surface area contributed by atoms with Crippen molar-refractivity contribution in [2.24, 2.45) is 0 Å². The molecule has 0 aliphatic rings. The molecule has 98 valence electrons. The van der Waals surface area contributed by atoms with Crippen molar-refractivity contribution in [2.45, 2.75) is 78.4 Å². The summed E-state index contributed by atoms with van der Waals surface area (Å²) in [7, 11) is 0. The van der Waals surface area contributed by atoms with Gasteiger partial charge in [0.2, 0.25) is 0 Å². The summed E-state index contributed by atoms with van der Waals surface area (Å²) >= 11 is 0. The molecule has 0 rings (SSSR count). The Morgan fingerprint density at radius 3 is 2.00 bits per heavy atom. The fraction of sp³-hybridized carbons (Fsp3) is 1.00. The van der Waals surface area contributed by atoms with Gasteiger partial charge in [-0.25, -0.2) is 0 Å². The molecule has 0 N–H and O–H groups in total. The molecule has 1 atom stereocenters. The lowest BCUT2D eigenvalue weighted by molar-refractivity contribution is -0.225. The Labute approximate surface area is 102 Å². The van der Waals surface area contributed by atoms with Gasteiger partial charge in [0.1, 0.15) is 0 Å². The summed E-state index contributed by atoms with van der Waals surface area (Å²) in [6, 6.07) is 0. The smallest absolute Gasteiger partial charge is 0.165 e. The molecule has 1 unspecified atom stereocenters. The number of unbranched alkanes of at least 4 members (excludes halogenated alkanes) is 5. The summed E-state index contributed by atoms with van der Waals surface area (Å²) < 4.78 is 11.4. The third-order valence-corrected chi connectivity index (χ3v) is 3.00. The Morgan fingerprint density at radius 2 is 1.44 bits per heavy atom. The second-order valence-electron chi connectivity index (χ2n) is 4.54. The SMILES string of the molecule is CCCCCCCCOC(C)(CC)OCC. The molecule has 0 heterocycles. The van der Waals surface area contributed by atoms with Crippen LogP contribution in [0.3, 0.4) is 0 Å². The highest BCUT2D eigenvalue weighted by Crippen LogP contribution is 2.17. The first-order valence-corrected chi connectivity index (χ1v) is 6.96. The molecule has 0 saturated heterocycles. The van der Waals surface area contributed by atoms with Gasteiger partial charge in [-0.2, -0.15) is 0 Å². The van der Waals surface area contributed by atoms with Crippen LogP contribution in [0.2, 0.25) is 0 Å². The van der Waals surface area contributed by atoms with E-state index in [1.165, 1.54) is 32.1 Å². The van der Waals surface area contributed by atoms with Crippen LogP contribution in [0.25, 0.3) is 0 Å². The standard InChI is InChI=1S/C14H30O2/c1-5-8-9-10-11-12-13-16-14(4,6-2)15-7-3/h5-13H2,1-4H3. The van der Waals surface area contributed by atoms with E-state index < -0.39 is 0 Å². The summed E-state index contributed by atoms with van der Waals surface area (Å²) in [4.78, 5) is 0. The zero-order chi connectivity index (χ0) is 12.3. The van der Waals surface area contributed by atoms with Gasteiger partial charge in [-0.3, -0.25) is 0 Å². The lowest BCUT2D eigenvalue weighted by Crippen LogP contribution is -2.32. The second kappa shape index (κ2) is 10.1. The predicted molar refractivity (Wildman–Crippen MR) is 69.7 cm³/mol. The van der Waals surface area contributed by atoms with Crippen molar-refractivity contribution in [1.82, 2.24) is 0 Å². The average Bonchev–Trinajstić information content (AvgIpc) is 2.28. The average molecular weight is 230 g/mol. The van der Waals surface area contributed by atoms with Crippen molar-refractivity contribution in [2.75, 3.05) is 13.2 Å². The summed E-state index contributed by atoms with van der Waals surface area (Å²) in [5.41, 5.74) is 0. The Kier molecular flexibility index (Phi) is 10.0. The molecule has 0 spiro atoms. The first-order valence-electron chi connectivity index (χ1n) is 6.96. The van der Waals surface area contributed by atoms with Gasteiger partial charge in [0.15, 0.2) is 5.79 Å². The molecule has 2 nitrogen and oxygen atoms in total. The lowest BCUT2D eigenvalue weighted by atomic mass is 10.1.